The van der Waals surface area contributed by atoms with E-state index in [1.807, 2.05) is 0 Å². The van der Waals surface area contributed by atoms with Crippen molar-refractivity contribution in [3.8, 4) is 0 Å². The fourth-order valence-corrected chi connectivity index (χ4v) is 1.39. The standard InChI is InChI=1S/C7H11BN2O3S/c1-14(2,13)10-7-4-3-6(5-9-7)8(11)12/h3-5,11-12H,1-2H3. The molecule has 2 N–H and O–H groups in total. The molecule has 1 rings (SSSR count). The van der Waals surface area contributed by atoms with Crippen LogP contribution < -0.4 is 5.46 Å². The molecule has 1 aromatic heterocycles. The van der Waals surface area contributed by atoms with Crippen molar-refractivity contribution in [1.82, 2.24) is 4.98 Å². The van der Waals surface area contributed by atoms with Gasteiger partial charge in [-0.2, -0.15) is 4.36 Å². The Morgan fingerprint density at radius 1 is 1.43 bits per heavy atom. The highest BCUT2D eigenvalue weighted by Crippen LogP contribution is 2.06. The van der Waals surface area contributed by atoms with Gasteiger partial charge in [-0.1, -0.05) is 6.07 Å². The Hall–Kier alpha value is -0.915. The Balaban J connectivity index is 3.01. The Kier molecular flexibility index (Phi) is 3.25. The molecule has 0 radical (unpaired) electrons. The van der Waals surface area contributed by atoms with E-state index in [4.69, 9.17) is 10.0 Å². The summed E-state index contributed by atoms with van der Waals surface area (Å²) in [5.74, 6) is 0.324. The van der Waals surface area contributed by atoms with Gasteiger partial charge >= 0.3 is 7.12 Å². The van der Waals surface area contributed by atoms with Gasteiger partial charge in [-0.25, -0.2) is 9.19 Å². The SMILES string of the molecule is CS(C)(=O)=Nc1ccc(B(O)O)cn1. The Morgan fingerprint density at radius 3 is 2.43 bits per heavy atom. The summed E-state index contributed by atoms with van der Waals surface area (Å²) >= 11 is 0. The van der Waals surface area contributed by atoms with Crippen molar-refractivity contribution in [2.75, 3.05) is 12.5 Å². The minimum absolute atomic E-state index is 0.280. The first-order valence-corrected chi connectivity index (χ1v) is 6.21. The van der Waals surface area contributed by atoms with Crippen molar-refractivity contribution >= 4 is 28.1 Å². The number of pyridine rings is 1. The smallest absolute Gasteiger partial charge is 0.423 e. The molecule has 0 atom stereocenters. The maximum atomic E-state index is 11.3. The summed E-state index contributed by atoms with van der Waals surface area (Å²) in [6.07, 6.45) is 4.29. The van der Waals surface area contributed by atoms with Crippen molar-refractivity contribution in [2.45, 2.75) is 0 Å². The van der Waals surface area contributed by atoms with Gasteiger partial charge < -0.3 is 10.0 Å². The molecule has 0 aliphatic rings. The molecule has 0 fully saturated rings. The lowest BCUT2D eigenvalue weighted by molar-refractivity contribution is 0.425. The average Bonchev–Trinajstić information content (AvgIpc) is 2.02. The first kappa shape index (κ1) is 11.2. The largest absolute Gasteiger partial charge is 0.490 e. The molecule has 0 aliphatic heterocycles. The van der Waals surface area contributed by atoms with Crippen LogP contribution in [0.15, 0.2) is 22.7 Å². The molecule has 1 aromatic rings. The minimum atomic E-state index is -2.22. The molecule has 0 saturated heterocycles. The second-order valence-corrected chi connectivity index (χ2v) is 5.64. The van der Waals surface area contributed by atoms with Crippen LogP contribution in [-0.2, 0) is 9.73 Å². The van der Waals surface area contributed by atoms with Crippen LogP contribution in [0.1, 0.15) is 0 Å². The number of hydrogen-bond acceptors (Lipinski definition) is 5. The molecule has 1 heterocycles. The van der Waals surface area contributed by atoms with E-state index >= 15 is 0 Å². The second-order valence-electron chi connectivity index (χ2n) is 3.10. The zero-order chi connectivity index (χ0) is 10.8. The van der Waals surface area contributed by atoms with E-state index in [1.54, 1.807) is 0 Å². The van der Waals surface area contributed by atoms with Gasteiger partial charge in [-0.3, -0.25) is 0 Å². The molecule has 14 heavy (non-hydrogen) atoms. The van der Waals surface area contributed by atoms with Crippen LogP contribution in [0.3, 0.4) is 0 Å². The normalized spacial score (nSPS) is 11.1. The number of rotatable bonds is 2. The monoisotopic (exact) mass is 214 g/mol. The molecule has 0 spiro atoms. The molecule has 7 heteroatoms. The second kappa shape index (κ2) is 4.08. The van der Waals surface area contributed by atoms with Crippen LogP contribution in [-0.4, -0.2) is 38.9 Å². The zero-order valence-electron chi connectivity index (χ0n) is 7.91. The van der Waals surface area contributed by atoms with Crippen LogP contribution in [0.25, 0.3) is 0 Å². The molecule has 0 bridgehead atoms. The summed E-state index contributed by atoms with van der Waals surface area (Å²) in [5.41, 5.74) is 0.280. The minimum Gasteiger partial charge on any atom is -0.423 e. The summed E-state index contributed by atoms with van der Waals surface area (Å²) < 4.78 is 15.1. The highest BCUT2D eigenvalue weighted by Gasteiger charge is 2.10. The predicted molar refractivity (Wildman–Crippen MR) is 56.1 cm³/mol. The number of nitrogens with zero attached hydrogens (tertiary/aromatic N) is 2. The van der Waals surface area contributed by atoms with E-state index in [-0.39, 0.29) is 5.46 Å². The van der Waals surface area contributed by atoms with Crippen LogP contribution in [0, 0.1) is 0 Å². The zero-order valence-corrected chi connectivity index (χ0v) is 8.73. The van der Waals surface area contributed by atoms with E-state index in [0.29, 0.717) is 5.82 Å². The Bertz CT molecular complexity index is 415. The van der Waals surface area contributed by atoms with Gasteiger partial charge in [0.2, 0.25) is 0 Å². The van der Waals surface area contributed by atoms with Gasteiger partial charge in [-0.05, 0) is 6.07 Å². The fourth-order valence-electron chi connectivity index (χ4n) is 0.829. The lowest BCUT2D eigenvalue weighted by Crippen LogP contribution is -2.29. The van der Waals surface area contributed by atoms with Crippen LogP contribution >= 0.6 is 0 Å². The van der Waals surface area contributed by atoms with Gasteiger partial charge in [0.05, 0.1) is 0 Å². The highest BCUT2D eigenvalue weighted by atomic mass is 32.2. The van der Waals surface area contributed by atoms with Crippen molar-refractivity contribution in [2.24, 2.45) is 4.36 Å². The van der Waals surface area contributed by atoms with Gasteiger partial charge in [-0.15, -0.1) is 0 Å². The first-order chi connectivity index (χ1) is 6.38. The van der Waals surface area contributed by atoms with Gasteiger partial charge in [0.25, 0.3) is 0 Å². The molecular formula is C7H11BN2O3S. The van der Waals surface area contributed by atoms with E-state index in [2.05, 4.69) is 9.35 Å². The fraction of sp³-hybridized carbons (Fsp3) is 0.286. The average molecular weight is 214 g/mol. The van der Waals surface area contributed by atoms with Crippen LogP contribution in [0.2, 0.25) is 0 Å². The molecule has 76 valence electrons. The van der Waals surface area contributed by atoms with Gasteiger partial charge in [0, 0.05) is 33.9 Å². The lowest BCUT2D eigenvalue weighted by atomic mass is 9.82. The summed E-state index contributed by atoms with van der Waals surface area (Å²) in [7, 11) is -3.76. The van der Waals surface area contributed by atoms with E-state index in [0.717, 1.165) is 0 Å². The van der Waals surface area contributed by atoms with Crippen molar-refractivity contribution in [1.29, 1.82) is 0 Å². The van der Waals surface area contributed by atoms with Crippen LogP contribution in [0.5, 0.6) is 0 Å². The summed E-state index contributed by atoms with van der Waals surface area (Å²) in [6, 6.07) is 2.96. The first-order valence-electron chi connectivity index (χ1n) is 3.88. The molecule has 0 saturated carbocycles. The van der Waals surface area contributed by atoms with Crippen molar-refractivity contribution in [3.05, 3.63) is 18.3 Å². The molecule has 0 aromatic carbocycles. The van der Waals surface area contributed by atoms with E-state index in [1.165, 1.54) is 30.8 Å². The third-order valence-electron chi connectivity index (χ3n) is 1.38. The van der Waals surface area contributed by atoms with E-state index < -0.39 is 16.8 Å². The number of aromatic nitrogens is 1. The summed E-state index contributed by atoms with van der Waals surface area (Å²) in [6.45, 7) is 0. The van der Waals surface area contributed by atoms with Crippen molar-refractivity contribution in [3.63, 3.8) is 0 Å². The Labute approximate surface area is 83.1 Å². The Morgan fingerprint density at radius 2 is 2.07 bits per heavy atom. The topological polar surface area (TPSA) is 82.8 Å². The third-order valence-corrected chi connectivity index (χ3v) is 2.01. The molecule has 0 amide bonds. The maximum Gasteiger partial charge on any atom is 0.490 e. The van der Waals surface area contributed by atoms with Crippen molar-refractivity contribution < 1.29 is 14.3 Å². The van der Waals surface area contributed by atoms with Gasteiger partial charge in [0.1, 0.15) is 0 Å². The molecule has 0 aliphatic carbocycles. The molecule has 5 nitrogen and oxygen atoms in total. The summed E-state index contributed by atoms with van der Waals surface area (Å²) in [4.78, 5) is 3.82. The van der Waals surface area contributed by atoms with Gasteiger partial charge in [0.15, 0.2) is 5.82 Å². The predicted octanol–water partition coefficient (Wildman–Crippen LogP) is -0.880. The third kappa shape index (κ3) is 3.45. The maximum absolute atomic E-state index is 11.3. The summed E-state index contributed by atoms with van der Waals surface area (Å²) in [5, 5.41) is 17.6. The quantitative estimate of drug-likeness (QED) is 0.626. The van der Waals surface area contributed by atoms with Crippen LogP contribution in [0.4, 0.5) is 5.82 Å². The van der Waals surface area contributed by atoms with E-state index in [9.17, 15) is 4.21 Å². The lowest BCUT2D eigenvalue weighted by Gasteiger charge is -1.99. The highest BCUT2D eigenvalue weighted by molar-refractivity contribution is 7.92. The molecule has 0 unspecified atom stereocenters. The number of hydrogen-bond donors (Lipinski definition) is 2. The molecular weight excluding hydrogens is 203 g/mol.